The molecule has 1 aliphatic rings. The number of carbonyl (C=O) groups excluding carboxylic acids is 1. The van der Waals surface area contributed by atoms with Crippen LogP contribution in [0.1, 0.15) is 18.0 Å². The molecule has 0 spiro atoms. The molecular formula is C21H24N4O. The summed E-state index contributed by atoms with van der Waals surface area (Å²) in [6, 6.07) is 18.5. The van der Waals surface area contributed by atoms with Crippen LogP contribution in [0.25, 0.3) is 11.0 Å². The Morgan fingerprint density at radius 3 is 2.69 bits per heavy atom. The largest absolute Gasteiger partial charge is 0.333 e. The number of carbonyl (C=O) groups is 1. The molecule has 1 aromatic heterocycles. The lowest BCUT2D eigenvalue weighted by atomic mass is 10.0. The van der Waals surface area contributed by atoms with Gasteiger partial charge in [0.15, 0.2) is 0 Å². The Hall–Kier alpha value is -2.66. The monoisotopic (exact) mass is 348 g/mol. The smallest absolute Gasteiger partial charge is 0.224 e. The molecule has 0 bridgehead atoms. The van der Waals surface area contributed by atoms with Gasteiger partial charge in [-0.2, -0.15) is 0 Å². The van der Waals surface area contributed by atoms with Crippen LogP contribution in [0.4, 0.5) is 0 Å². The minimum atomic E-state index is 0.127. The fourth-order valence-corrected chi connectivity index (χ4v) is 3.73. The first kappa shape index (κ1) is 16.8. The van der Waals surface area contributed by atoms with E-state index in [-0.39, 0.29) is 11.9 Å². The molecule has 0 saturated carbocycles. The molecule has 4 rings (SSSR count). The number of likely N-dealkylation sites (N-methyl/N-ethyl adjacent to an activating group) is 1. The number of benzene rings is 2. The van der Waals surface area contributed by atoms with Crippen molar-refractivity contribution >= 4 is 16.9 Å². The number of nitrogens with zero attached hydrogens (tertiary/aromatic N) is 4. The summed E-state index contributed by atoms with van der Waals surface area (Å²) >= 11 is 0. The summed E-state index contributed by atoms with van der Waals surface area (Å²) in [7, 11) is 2.12. The van der Waals surface area contributed by atoms with Crippen LogP contribution in [-0.2, 0) is 11.3 Å². The molecule has 3 aromatic rings. The molecule has 0 radical (unpaired) electrons. The van der Waals surface area contributed by atoms with Crippen LogP contribution in [0.2, 0.25) is 0 Å². The van der Waals surface area contributed by atoms with Gasteiger partial charge in [-0.1, -0.05) is 42.5 Å². The van der Waals surface area contributed by atoms with E-state index >= 15 is 0 Å². The molecule has 0 aliphatic carbocycles. The lowest BCUT2D eigenvalue weighted by Gasteiger charge is -2.40. The quantitative estimate of drug-likeness (QED) is 0.728. The highest BCUT2D eigenvalue weighted by atomic mass is 16.2. The normalized spacial score (nSPS) is 18.3. The summed E-state index contributed by atoms with van der Waals surface area (Å²) in [4.78, 5) is 21.8. The number of piperazine rings is 1. The molecule has 5 heteroatoms. The summed E-state index contributed by atoms with van der Waals surface area (Å²) in [5, 5.41) is 0. The zero-order valence-electron chi connectivity index (χ0n) is 15.1. The van der Waals surface area contributed by atoms with Crippen molar-refractivity contribution in [3.8, 4) is 0 Å². The van der Waals surface area contributed by atoms with Crippen molar-refractivity contribution in [2.75, 3.05) is 26.7 Å². The molecule has 0 N–H and O–H groups in total. The van der Waals surface area contributed by atoms with E-state index in [0.29, 0.717) is 13.0 Å². The Bertz CT molecular complexity index is 889. The Morgan fingerprint density at radius 1 is 1.08 bits per heavy atom. The highest BCUT2D eigenvalue weighted by Crippen LogP contribution is 2.25. The van der Waals surface area contributed by atoms with Crippen molar-refractivity contribution in [1.29, 1.82) is 0 Å². The lowest BCUT2D eigenvalue weighted by molar-refractivity contribution is -0.136. The molecule has 134 valence electrons. The van der Waals surface area contributed by atoms with Crippen molar-refractivity contribution in [3.05, 3.63) is 66.5 Å². The molecule has 2 heterocycles. The maximum absolute atomic E-state index is 13.0. The fourth-order valence-electron chi connectivity index (χ4n) is 3.73. The van der Waals surface area contributed by atoms with Crippen LogP contribution in [-0.4, -0.2) is 51.9 Å². The van der Waals surface area contributed by atoms with E-state index in [2.05, 4.69) is 44.6 Å². The molecule has 5 nitrogen and oxygen atoms in total. The maximum atomic E-state index is 13.0. The van der Waals surface area contributed by atoms with Gasteiger partial charge in [0.2, 0.25) is 5.91 Å². The molecular weight excluding hydrogens is 324 g/mol. The Morgan fingerprint density at radius 2 is 1.85 bits per heavy atom. The van der Waals surface area contributed by atoms with Gasteiger partial charge >= 0.3 is 0 Å². The van der Waals surface area contributed by atoms with Gasteiger partial charge in [-0.15, -0.1) is 0 Å². The number of hydrogen-bond donors (Lipinski definition) is 0. The maximum Gasteiger partial charge on any atom is 0.224 e. The molecule has 26 heavy (non-hydrogen) atoms. The van der Waals surface area contributed by atoms with Crippen LogP contribution in [0.15, 0.2) is 60.9 Å². The standard InChI is InChI=1S/C21H24N4O/c1-23-13-14-25(20(15-23)17-7-3-2-4-8-17)21(26)11-12-24-16-22-18-9-5-6-10-19(18)24/h2-10,16,20H,11-15H2,1H3/t20-/m0/s1. The van der Waals surface area contributed by atoms with Crippen LogP contribution in [0.5, 0.6) is 0 Å². The number of aryl methyl sites for hydroxylation is 1. The van der Waals surface area contributed by atoms with E-state index < -0.39 is 0 Å². The molecule has 1 amide bonds. The predicted octanol–water partition coefficient (Wildman–Crippen LogP) is 2.94. The van der Waals surface area contributed by atoms with Crippen LogP contribution in [0.3, 0.4) is 0 Å². The fraction of sp³-hybridized carbons (Fsp3) is 0.333. The van der Waals surface area contributed by atoms with Gasteiger partial charge in [-0.05, 0) is 24.7 Å². The van der Waals surface area contributed by atoms with Gasteiger partial charge in [-0.25, -0.2) is 4.98 Å². The van der Waals surface area contributed by atoms with Gasteiger partial charge in [0, 0.05) is 32.6 Å². The molecule has 1 aliphatic heterocycles. The third kappa shape index (κ3) is 3.35. The summed E-state index contributed by atoms with van der Waals surface area (Å²) in [6.45, 7) is 3.24. The van der Waals surface area contributed by atoms with Crippen LogP contribution in [0, 0.1) is 0 Å². The first-order chi connectivity index (χ1) is 12.7. The Balaban J connectivity index is 1.49. The Kier molecular flexibility index (Phi) is 4.71. The van der Waals surface area contributed by atoms with E-state index in [4.69, 9.17) is 0 Å². The summed E-state index contributed by atoms with van der Waals surface area (Å²) in [5.41, 5.74) is 3.26. The second kappa shape index (κ2) is 7.30. The minimum absolute atomic E-state index is 0.127. The van der Waals surface area contributed by atoms with Gasteiger partial charge in [0.25, 0.3) is 0 Å². The zero-order chi connectivity index (χ0) is 17.9. The summed E-state index contributed by atoms with van der Waals surface area (Å²) in [5.74, 6) is 0.213. The third-order valence-electron chi connectivity index (χ3n) is 5.18. The number of amides is 1. The van der Waals surface area contributed by atoms with Crippen molar-refractivity contribution in [2.45, 2.75) is 19.0 Å². The minimum Gasteiger partial charge on any atom is -0.333 e. The van der Waals surface area contributed by atoms with E-state index in [1.807, 2.05) is 42.7 Å². The second-order valence-electron chi connectivity index (χ2n) is 6.95. The first-order valence-electron chi connectivity index (χ1n) is 9.15. The molecule has 2 aromatic carbocycles. The average molecular weight is 348 g/mol. The Labute approximate surface area is 153 Å². The molecule has 0 unspecified atom stereocenters. The van der Waals surface area contributed by atoms with Crippen LogP contribution < -0.4 is 0 Å². The first-order valence-corrected chi connectivity index (χ1v) is 9.15. The molecule has 1 fully saturated rings. The number of aromatic nitrogens is 2. The number of fused-ring (bicyclic) bond motifs is 1. The number of para-hydroxylation sites is 2. The van der Waals surface area contributed by atoms with Gasteiger partial charge in [-0.3, -0.25) is 4.79 Å². The predicted molar refractivity (Wildman–Crippen MR) is 103 cm³/mol. The van der Waals surface area contributed by atoms with Crippen molar-refractivity contribution in [2.24, 2.45) is 0 Å². The molecule has 1 atom stereocenters. The van der Waals surface area contributed by atoms with E-state index in [1.54, 1.807) is 0 Å². The zero-order valence-corrected chi connectivity index (χ0v) is 15.1. The van der Waals surface area contributed by atoms with E-state index in [1.165, 1.54) is 5.56 Å². The van der Waals surface area contributed by atoms with E-state index in [9.17, 15) is 4.79 Å². The second-order valence-corrected chi connectivity index (χ2v) is 6.95. The SMILES string of the molecule is CN1CCN(C(=O)CCn2cnc3ccccc32)[C@H](c2ccccc2)C1. The summed E-state index contributed by atoms with van der Waals surface area (Å²) < 4.78 is 2.07. The van der Waals surface area contributed by atoms with Gasteiger partial charge in [0.1, 0.15) is 0 Å². The van der Waals surface area contributed by atoms with Gasteiger partial charge < -0.3 is 14.4 Å². The highest BCUT2D eigenvalue weighted by Gasteiger charge is 2.29. The van der Waals surface area contributed by atoms with Crippen LogP contribution >= 0.6 is 0 Å². The topological polar surface area (TPSA) is 41.4 Å². The van der Waals surface area contributed by atoms with Crippen molar-refractivity contribution in [1.82, 2.24) is 19.4 Å². The number of rotatable bonds is 4. The number of imidazole rings is 1. The van der Waals surface area contributed by atoms with Crippen molar-refractivity contribution in [3.63, 3.8) is 0 Å². The summed E-state index contributed by atoms with van der Waals surface area (Å²) in [6.07, 6.45) is 2.32. The third-order valence-corrected chi connectivity index (χ3v) is 5.18. The van der Waals surface area contributed by atoms with Crippen molar-refractivity contribution < 1.29 is 4.79 Å². The van der Waals surface area contributed by atoms with E-state index in [0.717, 1.165) is 30.7 Å². The van der Waals surface area contributed by atoms with Gasteiger partial charge in [0.05, 0.1) is 23.4 Å². The number of hydrogen-bond acceptors (Lipinski definition) is 3. The highest BCUT2D eigenvalue weighted by molar-refractivity contribution is 5.78. The lowest BCUT2D eigenvalue weighted by Crippen LogP contribution is -2.49. The molecule has 1 saturated heterocycles. The average Bonchev–Trinajstić information content (AvgIpc) is 3.10.